The highest BCUT2D eigenvalue weighted by Gasteiger charge is 2.55. The van der Waals surface area contributed by atoms with E-state index >= 15 is 0 Å². The number of nitrogens with one attached hydrogen (secondary N) is 2. The lowest BCUT2D eigenvalue weighted by Crippen LogP contribution is -2.51. The van der Waals surface area contributed by atoms with Crippen LogP contribution in [0.3, 0.4) is 0 Å². The Morgan fingerprint density at radius 3 is 2.96 bits per heavy atom. The summed E-state index contributed by atoms with van der Waals surface area (Å²) in [6.07, 6.45) is 3.26. The zero-order chi connectivity index (χ0) is 18.3. The second-order valence-electron chi connectivity index (χ2n) is 7.35. The number of piperidine rings is 1. The van der Waals surface area contributed by atoms with Gasteiger partial charge in [-0.2, -0.15) is 0 Å². The number of likely N-dealkylation sites (N-methyl/N-ethyl adjacent to an activating group) is 1. The minimum Gasteiger partial charge on any atom is -0.340 e. The molecule has 2 atom stereocenters. The van der Waals surface area contributed by atoms with E-state index in [0.29, 0.717) is 19.5 Å². The fourth-order valence-corrected chi connectivity index (χ4v) is 4.41. The number of nitrogens with zero attached hydrogens (tertiary/aromatic N) is 2. The third-order valence-corrected chi connectivity index (χ3v) is 5.90. The van der Waals surface area contributed by atoms with Crippen molar-refractivity contribution < 1.29 is 14.4 Å². The minimum absolute atomic E-state index is 0.170. The molecule has 3 aliphatic rings. The van der Waals surface area contributed by atoms with Gasteiger partial charge >= 0.3 is 6.03 Å². The lowest BCUT2D eigenvalue weighted by molar-refractivity contribution is -0.139. The molecule has 1 aliphatic carbocycles. The van der Waals surface area contributed by atoms with Gasteiger partial charge in [0.25, 0.3) is 5.91 Å². The van der Waals surface area contributed by atoms with Gasteiger partial charge in [-0.3, -0.25) is 14.5 Å². The second-order valence-corrected chi connectivity index (χ2v) is 7.35. The average Bonchev–Trinajstić information content (AvgIpc) is 3.15. The van der Waals surface area contributed by atoms with Crippen LogP contribution in [-0.4, -0.2) is 60.4 Å². The molecule has 2 saturated heterocycles. The van der Waals surface area contributed by atoms with Gasteiger partial charge in [-0.1, -0.05) is 24.3 Å². The zero-order valence-corrected chi connectivity index (χ0v) is 15.0. The van der Waals surface area contributed by atoms with Crippen LogP contribution in [-0.2, 0) is 21.5 Å². The number of hydrogen-bond acceptors (Lipinski definition) is 4. The van der Waals surface area contributed by atoms with Crippen molar-refractivity contribution in [1.82, 2.24) is 20.4 Å². The van der Waals surface area contributed by atoms with Crippen LogP contribution >= 0.6 is 0 Å². The van der Waals surface area contributed by atoms with E-state index in [1.54, 1.807) is 4.90 Å². The summed E-state index contributed by atoms with van der Waals surface area (Å²) < 4.78 is 0. The Morgan fingerprint density at radius 1 is 1.35 bits per heavy atom. The molecule has 0 bridgehead atoms. The first-order valence-corrected chi connectivity index (χ1v) is 9.23. The van der Waals surface area contributed by atoms with Gasteiger partial charge in [0.15, 0.2) is 0 Å². The molecule has 4 amide bonds. The Bertz CT molecular complexity index is 765. The normalized spacial score (nSPS) is 27.8. The van der Waals surface area contributed by atoms with Crippen LogP contribution < -0.4 is 10.6 Å². The smallest absolute Gasteiger partial charge is 0.325 e. The highest BCUT2D eigenvalue weighted by atomic mass is 16.2. The predicted molar refractivity (Wildman–Crippen MR) is 95.3 cm³/mol. The van der Waals surface area contributed by atoms with Crippen molar-refractivity contribution in [1.29, 1.82) is 0 Å². The maximum absolute atomic E-state index is 13.1. The monoisotopic (exact) mass is 356 g/mol. The summed E-state index contributed by atoms with van der Waals surface area (Å²) in [5, 5.41) is 6.06. The molecule has 2 fully saturated rings. The first-order valence-electron chi connectivity index (χ1n) is 9.23. The van der Waals surface area contributed by atoms with Crippen LogP contribution in [0.5, 0.6) is 0 Å². The number of urea groups is 1. The number of likely N-dealkylation sites (tertiary alicyclic amines) is 1. The van der Waals surface area contributed by atoms with Gasteiger partial charge < -0.3 is 15.5 Å². The molecular weight excluding hydrogens is 332 g/mol. The summed E-state index contributed by atoms with van der Waals surface area (Å²) in [4.78, 5) is 41.1. The van der Waals surface area contributed by atoms with Gasteiger partial charge in [0.2, 0.25) is 5.91 Å². The lowest BCUT2D eigenvalue weighted by atomic mass is 9.92. The number of imide groups is 1. The minimum atomic E-state index is -0.997. The number of hydrogen-bond donors (Lipinski definition) is 2. The number of amides is 4. The van der Waals surface area contributed by atoms with E-state index in [1.165, 1.54) is 0 Å². The maximum atomic E-state index is 13.1. The molecule has 0 radical (unpaired) electrons. The SMILES string of the molecule is CNC1CCCN(C(=O)CN2C(=O)NC3(CCc4ccccc43)C2=O)C1. The Labute approximate surface area is 152 Å². The molecule has 138 valence electrons. The van der Waals surface area contributed by atoms with Crippen molar-refractivity contribution in [3.63, 3.8) is 0 Å². The summed E-state index contributed by atoms with van der Waals surface area (Å²) in [7, 11) is 1.89. The van der Waals surface area contributed by atoms with E-state index in [2.05, 4.69) is 10.6 Å². The van der Waals surface area contributed by atoms with Crippen LogP contribution in [0, 0.1) is 0 Å². The fraction of sp³-hybridized carbons (Fsp3) is 0.526. The van der Waals surface area contributed by atoms with Gasteiger partial charge in [0.1, 0.15) is 12.1 Å². The van der Waals surface area contributed by atoms with Crippen LogP contribution in [0.25, 0.3) is 0 Å². The molecule has 7 nitrogen and oxygen atoms in total. The molecule has 0 aromatic heterocycles. The summed E-state index contributed by atoms with van der Waals surface area (Å²) in [6, 6.07) is 7.50. The van der Waals surface area contributed by atoms with Crippen molar-refractivity contribution in [2.75, 3.05) is 26.7 Å². The van der Waals surface area contributed by atoms with Gasteiger partial charge in [-0.05, 0) is 43.9 Å². The first-order chi connectivity index (χ1) is 12.5. The predicted octanol–water partition coefficient (Wildman–Crippen LogP) is 0.590. The standard InChI is InChI=1S/C19H24N4O3/c1-20-14-6-4-10-22(11-14)16(24)12-23-17(25)19(21-18(23)26)9-8-13-5-2-3-7-15(13)19/h2-3,5,7,14,20H,4,6,8-12H2,1H3,(H,21,26). The lowest BCUT2D eigenvalue weighted by Gasteiger charge is -2.33. The van der Waals surface area contributed by atoms with Crippen molar-refractivity contribution in [3.8, 4) is 0 Å². The molecule has 0 saturated carbocycles. The van der Waals surface area contributed by atoms with E-state index in [9.17, 15) is 14.4 Å². The number of aryl methyl sites for hydroxylation is 1. The number of carbonyl (C=O) groups excluding carboxylic acids is 3. The molecule has 1 aromatic rings. The molecule has 4 rings (SSSR count). The van der Waals surface area contributed by atoms with E-state index in [4.69, 9.17) is 0 Å². The maximum Gasteiger partial charge on any atom is 0.325 e. The molecule has 2 aliphatic heterocycles. The largest absolute Gasteiger partial charge is 0.340 e. The van der Waals surface area contributed by atoms with Crippen molar-refractivity contribution in [2.45, 2.75) is 37.3 Å². The van der Waals surface area contributed by atoms with E-state index in [0.717, 1.165) is 35.3 Å². The van der Waals surface area contributed by atoms with Crippen LogP contribution in [0.15, 0.2) is 24.3 Å². The number of benzene rings is 1. The Kier molecular flexibility index (Phi) is 4.19. The molecule has 2 N–H and O–H groups in total. The highest BCUT2D eigenvalue weighted by Crippen LogP contribution is 2.41. The molecule has 2 unspecified atom stereocenters. The van der Waals surface area contributed by atoms with Crippen LogP contribution in [0.1, 0.15) is 30.4 Å². The van der Waals surface area contributed by atoms with Crippen molar-refractivity contribution >= 4 is 17.8 Å². The van der Waals surface area contributed by atoms with Crippen molar-refractivity contribution in [3.05, 3.63) is 35.4 Å². The number of rotatable bonds is 3. The van der Waals surface area contributed by atoms with Gasteiger partial charge in [-0.15, -0.1) is 0 Å². The summed E-state index contributed by atoms with van der Waals surface area (Å²) >= 11 is 0. The molecular formula is C19H24N4O3. The topological polar surface area (TPSA) is 81.8 Å². The molecule has 7 heteroatoms. The van der Waals surface area contributed by atoms with E-state index in [-0.39, 0.29) is 24.4 Å². The first kappa shape index (κ1) is 17.0. The Morgan fingerprint density at radius 2 is 2.15 bits per heavy atom. The second kappa shape index (κ2) is 6.39. The molecule has 1 aromatic carbocycles. The van der Waals surface area contributed by atoms with E-state index in [1.807, 2.05) is 31.3 Å². The molecule has 26 heavy (non-hydrogen) atoms. The Hall–Kier alpha value is -2.41. The highest BCUT2D eigenvalue weighted by molar-refractivity contribution is 6.09. The van der Waals surface area contributed by atoms with Gasteiger partial charge in [0.05, 0.1) is 0 Å². The summed E-state index contributed by atoms with van der Waals surface area (Å²) in [6.45, 7) is 1.10. The summed E-state index contributed by atoms with van der Waals surface area (Å²) in [5.74, 6) is -0.472. The quantitative estimate of drug-likeness (QED) is 0.777. The van der Waals surface area contributed by atoms with Crippen LogP contribution in [0.2, 0.25) is 0 Å². The number of carbonyl (C=O) groups is 3. The molecule has 2 heterocycles. The number of fused-ring (bicyclic) bond motifs is 2. The average molecular weight is 356 g/mol. The van der Waals surface area contributed by atoms with Crippen molar-refractivity contribution in [2.24, 2.45) is 0 Å². The van der Waals surface area contributed by atoms with E-state index < -0.39 is 11.6 Å². The fourth-order valence-electron chi connectivity index (χ4n) is 4.41. The van der Waals surface area contributed by atoms with Gasteiger partial charge in [-0.25, -0.2) is 4.79 Å². The Balaban J connectivity index is 1.51. The third-order valence-electron chi connectivity index (χ3n) is 5.90. The molecule has 1 spiro atoms. The summed E-state index contributed by atoms with van der Waals surface area (Å²) in [5.41, 5.74) is 0.951. The van der Waals surface area contributed by atoms with Gasteiger partial charge in [0, 0.05) is 19.1 Å². The third kappa shape index (κ3) is 2.58. The zero-order valence-electron chi connectivity index (χ0n) is 15.0. The van der Waals surface area contributed by atoms with Crippen LogP contribution in [0.4, 0.5) is 4.79 Å².